The maximum absolute atomic E-state index is 14.7. The van der Waals surface area contributed by atoms with Crippen LogP contribution in [0.3, 0.4) is 0 Å². The molecular formula is C17H22F2N4O3S2. The lowest BCUT2D eigenvalue weighted by atomic mass is 10.0. The topological polar surface area (TPSA) is 119 Å². The molecule has 2 aromatic heterocycles. The number of nitrogens with two attached hydrogens (primary N) is 2. The van der Waals surface area contributed by atoms with Crippen molar-refractivity contribution in [2.75, 3.05) is 30.0 Å². The van der Waals surface area contributed by atoms with Crippen LogP contribution in [-0.4, -0.2) is 43.9 Å². The van der Waals surface area contributed by atoms with Crippen molar-refractivity contribution in [2.24, 2.45) is 5.73 Å². The number of piperidine rings is 1. The number of anilines is 2. The fourth-order valence-corrected chi connectivity index (χ4v) is 5.48. The molecule has 7 nitrogen and oxygen atoms in total. The predicted octanol–water partition coefficient (Wildman–Crippen LogP) is 2.49. The van der Waals surface area contributed by atoms with Gasteiger partial charge >= 0.3 is 0 Å². The number of amides is 1. The van der Waals surface area contributed by atoms with E-state index in [9.17, 15) is 22.0 Å². The number of halogens is 2. The maximum atomic E-state index is 14.7. The predicted molar refractivity (Wildman–Crippen MR) is 107 cm³/mol. The number of fused-ring (bicyclic) bond motifs is 1. The van der Waals surface area contributed by atoms with Gasteiger partial charge in [-0.05, 0) is 18.9 Å². The second kappa shape index (κ2) is 7.11. The number of carbonyl (C=O) groups is 1. The lowest BCUT2D eigenvalue weighted by Gasteiger charge is -2.32. The highest BCUT2D eigenvalue weighted by Crippen LogP contribution is 2.44. The van der Waals surface area contributed by atoms with Crippen LogP contribution in [0.5, 0.6) is 0 Å². The summed E-state index contributed by atoms with van der Waals surface area (Å²) in [4.78, 5) is 18.1. The van der Waals surface area contributed by atoms with E-state index in [2.05, 4.69) is 4.98 Å². The Labute approximate surface area is 165 Å². The highest BCUT2D eigenvalue weighted by molar-refractivity contribution is 7.91. The first-order chi connectivity index (χ1) is 13.0. The quantitative estimate of drug-likeness (QED) is 0.749. The van der Waals surface area contributed by atoms with Gasteiger partial charge in [-0.25, -0.2) is 22.2 Å². The average Bonchev–Trinajstić information content (AvgIpc) is 2.97. The summed E-state index contributed by atoms with van der Waals surface area (Å²) in [6.45, 7) is 2.13. The smallest absolute Gasteiger partial charge is 0.273 e. The molecule has 1 amide bonds. The third-order valence-electron chi connectivity index (χ3n) is 5.12. The van der Waals surface area contributed by atoms with E-state index in [0.717, 1.165) is 11.3 Å². The molecule has 28 heavy (non-hydrogen) atoms. The summed E-state index contributed by atoms with van der Waals surface area (Å²) in [5.74, 6) is -3.63. The summed E-state index contributed by atoms with van der Waals surface area (Å²) in [5, 5.41) is -0.386. The molecule has 0 saturated carbocycles. The van der Waals surface area contributed by atoms with Crippen LogP contribution in [0.4, 0.5) is 20.3 Å². The van der Waals surface area contributed by atoms with E-state index in [1.807, 2.05) is 0 Å². The van der Waals surface area contributed by atoms with Crippen molar-refractivity contribution < 1.29 is 22.0 Å². The molecule has 3 heterocycles. The fraction of sp³-hybridized carbons (Fsp3) is 0.529. The van der Waals surface area contributed by atoms with Gasteiger partial charge in [0.05, 0.1) is 10.9 Å². The van der Waals surface area contributed by atoms with Crippen LogP contribution in [0, 0.1) is 0 Å². The molecule has 11 heteroatoms. The second-order valence-electron chi connectivity index (χ2n) is 6.99. The van der Waals surface area contributed by atoms with Crippen molar-refractivity contribution in [1.29, 1.82) is 0 Å². The van der Waals surface area contributed by atoms with E-state index in [4.69, 9.17) is 11.5 Å². The lowest BCUT2D eigenvalue weighted by molar-refractivity contribution is -0.00671. The minimum absolute atomic E-state index is 0.00332. The molecule has 2 aromatic rings. The number of alkyl halides is 2. The van der Waals surface area contributed by atoms with E-state index in [0.29, 0.717) is 31.7 Å². The van der Waals surface area contributed by atoms with Gasteiger partial charge in [-0.15, -0.1) is 11.3 Å². The van der Waals surface area contributed by atoms with Crippen molar-refractivity contribution in [3.8, 4) is 0 Å². The van der Waals surface area contributed by atoms with E-state index in [-0.39, 0.29) is 26.3 Å². The van der Waals surface area contributed by atoms with Crippen LogP contribution in [0.25, 0.3) is 10.2 Å². The van der Waals surface area contributed by atoms with Gasteiger partial charge in [0.2, 0.25) is 0 Å². The number of aromatic nitrogens is 1. The monoisotopic (exact) mass is 432 g/mol. The van der Waals surface area contributed by atoms with Gasteiger partial charge in [-0.3, -0.25) is 4.79 Å². The molecule has 1 aliphatic heterocycles. The molecule has 0 atom stereocenters. The van der Waals surface area contributed by atoms with Gasteiger partial charge in [0, 0.05) is 36.7 Å². The van der Waals surface area contributed by atoms with Gasteiger partial charge in [0.15, 0.2) is 0 Å². The maximum Gasteiger partial charge on any atom is 0.273 e. The van der Waals surface area contributed by atoms with Crippen molar-refractivity contribution in [3.05, 3.63) is 16.5 Å². The Kier molecular flexibility index (Phi) is 5.26. The number of nitrogen functional groups attached to an aromatic ring is 1. The van der Waals surface area contributed by atoms with E-state index in [1.54, 1.807) is 4.90 Å². The summed E-state index contributed by atoms with van der Waals surface area (Å²) < 4.78 is 52.8. The SMILES string of the molecule is CCC(F)(F)c1cc(N2CCC(S(C)(=O)=O)CC2)nc2sc(C(N)=O)c(N)c12. The average molecular weight is 433 g/mol. The van der Waals surface area contributed by atoms with Crippen LogP contribution < -0.4 is 16.4 Å². The summed E-state index contributed by atoms with van der Waals surface area (Å²) in [7, 11) is -3.15. The number of hydrogen-bond donors (Lipinski definition) is 2. The third kappa shape index (κ3) is 3.64. The number of rotatable bonds is 5. The zero-order valence-corrected chi connectivity index (χ0v) is 17.2. The molecule has 0 unspecified atom stereocenters. The number of primary amides is 1. The molecule has 0 bridgehead atoms. The Morgan fingerprint density at radius 1 is 1.39 bits per heavy atom. The standard InChI is InChI=1S/C17H22F2N4O3S2/c1-3-17(18,19)10-8-11(23-6-4-9(5-7-23)28(2,25)26)22-16-12(10)13(20)14(27-16)15(21)24/h8-9H,3-7,20H2,1-2H3,(H2,21,24). The first kappa shape index (κ1) is 20.7. The highest BCUT2D eigenvalue weighted by atomic mass is 32.2. The van der Waals surface area contributed by atoms with E-state index >= 15 is 0 Å². The fourth-order valence-electron chi connectivity index (χ4n) is 3.45. The molecule has 1 saturated heterocycles. The van der Waals surface area contributed by atoms with Crippen LogP contribution in [0.1, 0.15) is 41.4 Å². The summed E-state index contributed by atoms with van der Waals surface area (Å²) >= 11 is 0.889. The van der Waals surface area contributed by atoms with Gasteiger partial charge < -0.3 is 16.4 Å². The summed E-state index contributed by atoms with van der Waals surface area (Å²) in [6.07, 6.45) is 1.56. The molecule has 1 fully saturated rings. The van der Waals surface area contributed by atoms with Crippen molar-refractivity contribution in [3.63, 3.8) is 0 Å². The van der Waals surface area contributed by atoms with Gasteiger partial charge in [-0.1, -0.05) is 6.92 Å². The van der Waals surface area contributed by atoms with Gasteiger partial charge in [0.1, 0.15) is 25.4 Å². The summed E-state index contributed by atoms with van der Waals surface area (Å²) in [6, 6.07) is 1.29. The first-order valence-corrected chi connectivity index (χ1v) is 11.6. The van der Waals surface area contributed by atoms with Gasteiger partial charge in [-0.2, -0.15) is 0 Å². The summed E-state index contributed by atoms with van der Waals surface area (Å²) in [5.41, 5.74) is 10.9. The number of hydrogen-bond acceptors (Lipinski definition) is 7. The Balaban J connectivity index is 2.09. The Morgan fingerprint density at radius 3 is 2.50 bits per heavy atom. The Morgan fingerprint density at radius 2 is 2.00 bits per heavy atom. The molecule has 0 aliphatic carbocycles. The van der Waals surface area contributed by atoms with Crippen LogP contribution in [0.15, 0.2) is 6.07 Å². The molecule has 1 aliphatic rings. The molecule has 0 spiro atoms. The third-order valence-corrected chi connectivity index (χ3v) is 7.92. The zero-order valence-electron chi connectivity index (χ0n) is 15.5. The molecule has 0 aromatic carbocycles. The number of sulfone groups is 1. The number of nitrogens with zero attached hydrogens (tertiary/aromatic N) is 2. The van der Waals surface area contributed by atoms with Crippen molar-refractivity contribution >= 4 is 48.8 Å². The normalized spacial score (nSPS) is 16.6. The highest BCUT2D eigenvalue weighted by Gasteiger charge is 2.36. The molecule has 4 N–H and O–H groups in total. The molecule has 3 rings (SSSR count). The lowest BCUT2D eigenvalue weighted by Crippen LogP contribution is -2.39. The van der Waals surface area contributed by atoms with Crippen molar-refractivity contribution in [1.82, 2.24) is 4.98 Å². The Bertz CT molecular complexity index is 1030. The van der Waals surface area contributed by atoms with Crippen LogP contribution in [-0.2, 0) is 15.8 Å². The van der Waals surface area contributed by atoms with Crippen LogP contribution >= 0.6 is 11.3 Å². The number of thiophene rings is 1. The molecular weight excluding hydrogens is 410 g/mol. The number of carbonyl (C=O) groups excluding carboxylic acids is 1. The second-order valence-corrected chi connectivity index (χ2v) is 10.3. The van der Waals surface area contributed by atoms with Crippen molar-refractivity contribution in [2.45, 2.75) is 37.4 Å². The van der Waals surface area contributed by atoms with E-state index < -0.39 is 33.3 Å². The van der Waals surface area contributed by atoms with E-state index in [1.165, 1.54) is 19.2 Å². The Hall–Kier alpha value is -2.01. The number of pyridine rings is 1. The first-order valence-electron chi connectivity index (χ1n) is 8.80. The molecule has 0 radical (unpaired) electrons. The zero-order chi connectivity index (χ0) is 20.9. The van der Waals surface area contributed by atoms with Crippen LogP contribution in [0.2, 0.25) is 0 Å². The largest absolute Gasteiger partial charge is 0.397 e. The minimum atomic E-state index is -3.16. The molecule has 154 valence electrons. The minimum Gasteiger partial charge on any atom is -0.397 e. The van der Waals surface area contributed by atoms with Gasteiger partial charge in [0.25, 0.3) is 11.8 Å².